The smallest absolute Gasteiger partial charge is 0.0187 e. The molecule has 0 saturated heterocycles. The molecule has 3 heteroatoms. The second kappa shape index (κ2) is 10.7. The maximum absolute atomic E-state index is 2.18. The van der Waals surface area contributed by atoms with Gasteiger partial charge in [-0.2, -0.15) is 11.8 Å². The second-order valence-corrected chi connectivity index (χ2v) is 4.45. The van der Waals surface area contributed by atoms with Crippen LogP contribution in [-0.4, -0.2) is 59.1 Å². The SMILES string of the molecule is [NaH].[NaH].c1ccc(CSCc2ccccc2)cc1. The zero-order chi connectivity index (χ0) is 10.3. The van der Waals surface area contributed by atoms with E-state index in [0.29, 0.717) is 0 Å². The standard InChI is InChI=1S/C14H14S.2Na.2H/c1-3-7-13(8-4-1)11-15-12-14-9-5-2-6-10-14;;;;/h1-10H,11-12H2;;;;. The number of hydrogen-bond donors (Lipinski definition) is 0. The first kappa shape index (κ1) is 17.8. The topological polar surface area (TPSA) is 0 Å². The minimum absolute atomic E-state index is 0. The van der Waals surface area contributed by atoms with Crippen molar-refractivity contribution in [3.05, 3.63) is 71.8 Å². The molecule has 0 amide bonds. The number of benzene rings is 2. The molecule has 0 saturated carbocycles. The Morgan fingerprint density at radius 2 is 0.941 bits per heavy atom. The van der Waals surface area contributed by atoms with Gasteiger partial charge in [0.25, 0.3) is 0 Å². The number of hydrogen-bond acceptors (Lipinski definition) is 1. The van der Waals surface area contributed by atoms with Gasteiger partial charge in [0.05, 0.1) is 0 Å². The second-order valence-electron chi connectivity index (χ2n) is 3.46. The van der Waals surface area contributed by atoms with Gasteiger partial charge in [0.2, 0.25) is 0 Å². The van der Waals surface area contributed by atoms with Crippen LogP contribution in [0.5, 0.6) is 0 Å². The van der Waals surface area contributed by atoms with Crippen LogP contribution in [0.3, 0.4) is 0 Å². The summed E-state index contributed by atoms with van der Waals surface area (Å²) in [7, 11) is 0. The van der Waals surface area contributed by atoms with Gasteiger partial charge in [0, 0.05) is 11.5 Å². The molecule has 0 fully saturated rings. The van der Waals surface area contributed by atoms with Crippen LogP contribution in [-0.2, 0) is 11.5 Å². The minimum atomic E-state index is 0. The maximum Gasteiger partial charge on any atom is 0.0187 e. The van der Waals surface area contributed by atoms with E-state index in [0.717, 1.165) is 11.5 Å². The molecule has 0 nitrogen and oxygen atoms in total. The average Bonchev–Trinajstić information content (AvgIpc) is 2.32. The molecule has 0 aliphatic rings. The van der Waals surface area contributed by atoms with Crippen molar-refractivity contribution in [1.82, 2.24) is 0 Å². The Kier molecular flexibility index (Phi) is 11.2. The Balaban J connectivity index is 0.00000128. The quantitative estimate of drug-likeness (QED) is 0.764. The van der Waals surface area contributed by atoms with E-state index >= 15 is 0 Å². The summed E-state index contributed by atoms with van der Waals surface area (Å²) in [5.41, 5.74) is 2.80. The summed E-state index contributed by atoms with van der Waals surface area (Å²) in [5.74, 6) is 2.19. The van der Waals surface area contributed by atoms with E-state index in [1.807, 2.05) is 11.8 Å². The molecule has 0 bridgehead atoms. The molecular weight excluding hydrogens is 246 g/mol. The van der Waals surface area contributed by atoms with Crippen molar-refractivity contribution >= 4 is 70.9 Å². The normalized spacial score (nSPS) is 8.94. The number of rotatable bonds is 4. The van der Waals surface area contributed by atoms with Crippen molar-refractivity contribution < 1.29 is 0 Å². The van der Waals surface area contributed by atoms with Gasteiger partial charge in [0.15, 0.2) is 0 Å². The van der Waals surface area contributed by atoms with E-state index in [1.165, 1.54) is 11.1 Å². The molecule has 0 aliphatic carbocycles. The Labute approximate surface area is 152 Å². The molecule has 0 aromatic heterocycles. The molecule has 80 valence electrons. The Hall–Kier alpha value is 0.790. The molecule has 2 aromatic rings. The summed E-state index contributed by atoms with van der Waals surface area (Å²) in [5, 5.41) is 0. The predicted octanol–water partition coefficient (Wildman–Crippen LogP) is 2.82. The van der Waals surface area contributed by atoms with Crippen LogP contribution in [0.25, 0.3) is 0 Å². The third-order valence-electron chi connectivity index (χ3n) is 2.22. The molecule has 0 unspecified atom stereocenters. The first-order valence-corrected chi connectivity index (χ1v) is 6.26. The fourth-order valence-electron chi connectivity index (χ4n) is 1.44. The molecule has 0 N–H and O–H groups in total. The van der Waals surface area contributed by atoms with Crippen molar-refractivity contribution in [1.29, 1.82) is 0 Å². The summed E-state index contributed by atoms with van der Waals surface area (Å²) in [6.07, 6.45) is 0. The van der Waals surface area contributed by atoms with Crippen LogP contribution >= 0.6 is 11.8 Å². The summed E-state index contributed by atoms with van der Waals surface area (Å²) in [4.78, 5) is 0. The summed E-state index contributed by atoms with van der Waals surface area (Å²) < 4.78 is 0. The summed E-state index contributed by atoms with van der Waals surface area (Å²) in [6, 6.07) is 21.2. The summed E-state index contributed by atoms with van der Waals surface area (Å²) >= 11 is 1.96. The van der Waals surface area contributed by atoms with E-state index < -0.39 is 0 Å². The Morgan fingerprint density at radius 1 is 0.588 bits per heavy atom. The molecule has 2 rings (SSSR count). The van der Waals surface area contributed by atoms with Crippen molar-refractivity contribution in [3.8, 4) is 0 Å². The van der Waals surface area contributed by atoms with E-state index in [-0.39, 0.29) is 59.1 Å². The monoisotopic (exact) mass is 262 g/mol. The van der Waals surface area contributed by atoms with Crippen molar-refractivity contribution in [2.75, 3.05) is 0 Å². The van der Waals surface area contributed by atoms with Gasteiger partial charge < -0.3 is 0 Å². The van der Waals surface area contributed by atoms with Gasteiger partial charge in [-0.05, 0) is 11.1 Å². The first-order chi connectivity index (χ1) is 7.45. The molecular formula is C14H16Na2S. The van der Waals surface area contributed by atoms with Gasteiger partial charge >= 0.3 is 59.1 Å². The molecule has 0 aliphatic heterocycles. The van der Waals surface area contributed by atoms with Crippen LogP contribution in [0.1, 0.15) is 11.1 Å². The Bertz CT molecular complexity index is 350. The van der Waals surface area contributed by atoms with Gasteiger partial charge in [-0.15, -0.1) is 0 Å². The van der Waals surface area contributed by atoms with Crippen molar-refractivity contribution in [3.63, 3.8) is 0 Å². The minimum Gasteiger partial charge on any atom is -0.152 e. The molecule has 0 spiro atoms. The number of thioether (sulfide) groups is 1. The largest absolute Gasteiger partial charge is 0.152 e. The Morgan fingerprint density at radius 3 is 1.29 bits per heavy atom. The molecule has 17 heavy (non-hydrogen) atoms. The third-order valence-corrected chi connectivity index (χ3v) is 3.30. The van der Waals surface area contributed by atoms with E-state index in [9.17, 15) is 0 Å². The first-order valence-electron chi connectivity index (χ1n) is 5.11. The molecule has 0 atom stereocenters. The van der Waals surface area contributed by atoms with E-state index in [1.54, 1.807) is 0 Å². The van der Waals surface area contributed by atoms with Gasteiger partial charge in [-0.1, -0.05) is 60.7 Å². The predicted molar refractivity (Wildman–Crippen MR) is 82.2 cm³/mol. The molecule has 0 radical (unpaired) electrons. The fraction of sp³-hybridized carbons (Fsp3) is 0.143. The fourth-order valence-corrected chi connectivity index (χ4v) is 2.39. The van der Waals surface area contributed by atoms with Crippen LogP contribution in [0.4, 0.5) is 0 Å². The maximum atomic E-state index is 2.18. The zero-order valence-corrected chi connectivity index (χ0v) is 9.41. The van der Waals surface area contributed by atoms with Crippen LogP contribution < -0.4 is 0 Å². The summed E-state index contributed by atoms with van der Waals surface area (Å²) in [6.45, 7) is 0. The van der Waals surface area contributed by atoms with Crippen LogP contribution in [0.2, 0.25) is 0 Å². The van der Waals surface area contributed by atoms with Gasteiger partial charge in [-0.25, -0.2) is 0 Å². The van der Waals surface area contributed by atoms with Gasteiger partial charge in [0.1, 0.15) is 0 Å². The molecule has 2 aromatic carbocycles. The van der Waals surface area contributed by atoms with Crippen molar-refractivity contribution in [2.45, 2.75) is 11.5 Å². The average molecular weight is 262 g/mol. The van der Waals surface area contributed by atoms with E-state index in [4.69, 9.17) is 0 Å². The van der Waals surface area contributed by atoms with Crippen LogP contribution in [0, 0.1) is 0 Å². The van der Waals surface area contributed by atoms with Crippen LogP contribution in [0.15, 0.2) is 60.7 Å². The van der Waals surface area contributed by atoms with E-state index in [2.05, 4.69) is 60.7 Å². The zero-order valence-electron chi connectivity index (χ0n) is 8.60. The van der Waals surface area contributed by atoms with Crippen molar-refractivity contribution in [2.24, 2.45) is 0 Å². The third kappa shape index (κ3) is 7.07. The molecule has 0 heterocycles. The van der Waals surface area contributed by atoms with Gasteiger partial charge in [-0.3, -0.25) is 0 Å².